The Morgan fingerprint density at radius 1 is 1.31 bits per heavy atom. The van der Waals surface area contributed by atoms with Crippen LogP contribution in [0, 0.1) is 10.1 Å². The Hall–Kier alpha value is -0.562. The van der Waals surface area contributed by atoms with E-state index in [-0.39, 0.29) is 10.6 Å². The molecule has 0 aliphatic rings. The van der Waals surface area contributed by atoms with Crippen molar-refractivity contribution in [3.8, 4) is 0 Å². The molecule has 70 valence electrons. The first-order chi connectivity index (χ1) is 6.09. The molecule has 0 saturated carbocycles. The van der Waals surface area contributed by atoms with Crippen molar-refractivity contribution < 1.29 is 4.92 Å². The van der Waals surface area contributed by atoms with Gasteiger partial charge < -0.3 is 0 Å². The summed E-state index contributed by atoms with van der Waals surface area (Å²) in [6.45, 7) is 0. The number of benzene rings is 1. The van der Waals surface area contributed by atoms with Crippen LogP contribution in [0.5, 0.6) is 0 Å². The predicted molar refractivity (Wildman–Crippen MR) is 54.3 cm³/mol. The molecule has 1 rings (SSSR count). The van der Waals surface area contributed by atoms with E-state index in [1.54, 1.807) is 12.1 Å². The molecule has 0 heterocycles. The Labute approximate surface area is 84.9 Å². The number of nitrogens with zero attached hydrogens (tertiary/aromatic N) is 1. The van der Waals surface area contributed by atoms with Crippen LogP contribution < -0.4 is 0 Å². The van der Waals surface area contributed by atoms with Crippen molar-refractivity contribution in [1.82, 2.24) is 0 Å². The molecule has 0 spiro atoms. The summed E-state index contributed by atoms with van der Waals surface area (Å²) in [5.74, 6) is 0. The quantitative estimate of drug-likeness (QED) is 0.487. The number of non-ortho nitro benzene ring substituents is 1. The summed E-state index contributed by atoms with van der Waals surface area (Å²) >= 11 is -0.989. The molecule has 1 aromatic rings. The van der Waals surface area contributed by atoms with Gasteiger partial charge in [-0.25, -0.2) is 0 Å². The monoisotopic (exact) mass is 287 g/mol. The minimum atomic E-state index is -0.989. The second-order valence-corrected chi connectivity index (χ2v) is 10.2. The third-order valence-electron chi connectivity index (χ3n) is 1.65. The maximum atomic E-state index is 10.4. The van der Waals surface area contributed by atoms with Crippen LogP contribution in [0.1, 0.15) is 5.56 Å². The molecule has 0 saturated heterocycles. The minimum absolute atomic E-state index is 0.180. The first-order valence-corrected chi connectivity index (χ1v) is 10.9. The van der Waals surface area contributed by atoms with Crippen LogP contribution in [0.2, 0.25) is 9.74 Å². The van der Waals surface area contributed by atoms with Crippen LogP contribution in [-0.2, 0) is 4.37 Å². The molecule has 0 radical (unpaired) electrons. The van der Waals surface area contributed by atoms with Crippen LogP contribution in [0.3, 0.4) is 0 Å². The number of nitro groups is 1. The van der Waals surface area contributed by atoms with Crippen molar-refractivity contribution in [2.75, 3.05) is 0 Å². The van der Waals surface area contributed by atoms with Crippen molar-refractivity contribution in [1.29, 1.82) is 0 Å². The van der Waals surface area contributed by atoms with Crippen LogP contribution in [0.4, 0.5) is 5.69 Å². The number of hydrogen-bond acceptors (Lipinski definition) is 2. The fourth-order valence-electron chi connectivity index (χ4n) is 1.09. The Kier molecular flexibility index (Phi) is 3.73. The number of nitro benzene ring substituents is 1. The fourth-order valence-corrected chi connectivity index (χ4v) is 3.77. The second-order valence-electron chi connectivity index (χ2n) is 3.16. The molecule has 0 N–H and O–H groups in total. The molecule has 0 unspecified atom stereocenters. The molecule has 0 aliphatic heterocycles. The van der Waals surface area contributed by atoms with E-state index in [2.05, 4.69) is 9.74 Å². The van der Waals surface area contributed by atoms with Gasteiger partial charge in [0, 0.05) is 0 Å². The average Bonchev–Trinajstić information content (AvgIpc) is 2.04. The van der Waals surface area contributed by atoms with Gasteiger partial charge in [-0.15, -0.1) is 0 Å². The summed E-state index contributed by atoms with van der Waals surface area (Å²) < 4.78 is 1.15. The van der Waals surface area contributed by atoms with Gasteiger partial charge in [0.2, 0.25) is 0 Å². The molecule has 0 atom stereocenters. The molecule has 0 aliphatic carbocycles. The molecule has 13 heavy (non-hydrogen) atoms. The molecule has 3 nitrogen and oxygen atoms in total. The van der Waals surface area contributed by atoms with Crippen LogP contribution in [0.15, 0.2) is 24.3 Å². The third-order valence-corrected chi connectivity index (χ3v) is 4.49. The van der Waals surface area contributed by atoms with Gasteiger partial charge in [-0.3, -0.25) is 0 Å². The topological polar surface area (TPSA) is 43.1 Å². The van der Waals surface area contributed by atoms with E-state index in [9.17, 15) is 10.1 Å². The summed E-state index contributed by atoms with van der Waals surface area (Å²) in [4.78, 5) is 14.6. The zero-order valence-electron chi connectivity index (χ0n) is 7.73. The predicted octanol–water partition coefficient (Wildman–Crippen LogP) is 2.43. The van der Waals surface area contributed by atoms with Gasteiger partial charge in [0.25, 0.3) is 0 Å². The Balaban J connectivity index is 2.75. The van der Waals surface area contributed by atoms with E-state index in [0.29, 0.717) is 0 Å². The zero-order valence-corrected chi connectivity index (χ0v) is 10.3. The first kappa shape index (κ1) is 10.5. The average molecular weight is 288 g/mol. The zero-order chi connectivity index (χ0) is 9.84. The molecule has 0 fully saturated rings. The van der Waals surface area contributed by atoms with Gasteiger partial charge in [-0.05, 0) is 0 Å². The molecule has 0 amide bonds. The maximum absolute atomic E-state index is 10.4. The van der Waals surface area contributed by atoms with Gasteiger partial charge in [0.15, 0.2) is 0 Å². The van der Waals surface area contributed by atoms with Crippen LogP contribution in [0.25, 0.3) is 0 Å². The molecule has 0 aromatic heterocycles. The second kappa shape index (κ2) is 4.61. The Morgan fingerprint density at radius 2 is 1.85 bits per heavy atom. The van der Waals surface area contributed by atoms with Crippen LogP contribution >= 0.6 is 0 Å². The summed E-state index contributed by atoms with van der Waals surface area (Å²) in [5, 5.41) is 10.4. The molecular weight excluding hydrogens is 276 g/mol. The van der Waals surface area contributed by atoms with E-state index < -0.39 is 20.2 Å². The molecule has 0 bridgehead atoms. The Morgan fingerprint density at radius 3 is 2.23 bits per heavy atom. The standard InChI is InChI=1S/C7H6NO2.2CH3.Sb/c1-6-2-4-7(5-3-6)8(9)10;;;/h2-5H,1H2;2*1H3;. The van der Waals surface area contributed by atoms with Gasteiger partial charge in [-0.2, -0.15) is 0 Å². The van der Waals surface area contributed by atoms with Gasteiger partial charge in [0.1, 0.15) is 0 Å². The van der Waals surface area contributed by atoms with E-state index in [0.717, 1.165) is 4.37 Å². The third kappa shape index (κ3) is 3.35. The molecule has 4 heteroatoms. The van der Waals surface area contributed by atoms with Crippen molar-refractivity contribution in [2.24, 2.45) is 0 Å². The van der Waals surface area contributed by atoms with E-state index in [1.807, 2.05) is 12.1 Å². The molecule has 1 aromatic carbocycles. The van der Waals surface area contributed by atoms with E-state index >= 15 is 0 Å². The Bertz CT molecular complexity index is 295. The van der Waals surface area contributed by atoms with Crippen molar-refractivity contribution in [3.05, 3.63) is 39.9 Å². The van der Waals surface area contributed by atoms with Gasteiger partial charge in [-0.1, -0.05) is 0 Å². The van der Waals surface area contributed by atoms with E-state index in [1.165, 1.54) is 5.56 Å². The number of hydrogen-bond donors (Lipinski definition) is 0. The van der Waals surface area contributed by atoms with Crippen molar-refractivity contribution in [3.63, 3.8) is 0 Å². The first-order valence-electron chi connectivity index (χ1n) is 3.97. The van der Waals surface area contributed by atoms with Crippen LogP contribution in [-0.4, -0.2) is 25.1 Å². The van der Waals surface area contributed by atoms with Gasteiger partial charge >= 0.3 is 84.9 Å². The summed E-state index contributed by atoms with van der Waals surface area (Å²) in [7, 11) is 0. The summed E-state index contributed by atoms with van der Waals surface area (Å²) in [5.41, 5.74) is 1.41. The fraction of sp³-hybridized carbons (Fsp3) is 0.333. The van der Waals surface area contributed by atoms with Gasteiger partial charge in [0.05, 0.1) is 0 Å². The normalized spacial score (nSPS) is 10.4. The van der Waals surface area contributed by atoms with Crippen molar-refractivity contribution in [2.45, 2.75) is 14.1 Å². The van der Waals surface area contributed by atoms with E-state index in [4.69, 9.17) is 0 Å². The van der Waals surface area contributed by atoms with Crippen molar-refractivity contribution >= 4 is 25.9 Å². The summed E-state index contributed by atoms with van der Waals surface area (Å²) in [6.07, 6.45) is 0. The summed E-state index contributed by atoms with van der Waals surface area (Å²) in [6, 6.07) is 6.89. The SMILES string of the molecule is [CH3][Sb]([CH3])[CH2]c1ccc([N+](=O)[O-])cc1. The molecular formula is C9H12NO2Sb. The number of rotatable bonds is 3.